The van der Waals surface area contributed by atoms with E-state index in [1.165, 1.54) is 0 Å². The average Bonchev–Trinajstić information content (AvgIpc) is 3.27. The predicted octanol–water partition coefficient (Wildman–Crippen LogP) is 3.81. The molecule has 0 bridgehead atoms. The molecule has 1 aliphatic heterocycles. The van der Waals surface area contributed by atoms with Crippen molar-refractivity contribution < 1.29 is 28.9 Å². The van der Waals surface area contributed by atoms with Crippen LogP contribution in [0.4, 0.5) is 0 Å². The lowest BCUT2D eigenvalue weighted by Crippen LogP contribution is -2.25. The Morgan fingerprint density at radius 2 is 2.03 bits per heavy atom. The van der Waals surface area contributed by atoms with Crippen LogP contribution in [-0.2, 0) is 14.3 Å². The highest BCUT2D eigenvalue weighted by molar-refractivity contribution is 6.30. The fraction of sp³-hybridized carbons (Fsp3) is 0.333. The van der Waals surface area contributed by atoms with Gasteiger partial charge in [-0.25, -0.2) is 4.79 Å². The summed E-state index contributed by atoms with van der Waals surface area (Å²) in [7, 11) is 0. The van der Waals surface area contributed by atoms with Gasteiger partial charge in [0.15, 0.2) is 0 Å². The number of esters is 2. The van der Waals surface area contributed by atoms with Crippen LogP contribution in [0.1, 0.15) is 23.2 Å². The highest BCUT2D eigenvalue weighted by Gasteiger charge is 2.50. The molecule has 2 fully saturated rings. The quantitative estimate of drug-likeness (QED) is 0.518. The molecule has 1 saturated carbocycles. The Morgan fingerprint density at radius 1 is 1.23 bits per heavy atom. The molecule has 1 heterocycles. The van der Waals surface area contributed by atoms with E-state index < -0.39 is 18.2 Å². The third kappa shape index (κ3) is 5.27. The molecule has 7 heteroatoms. The topological polar surface area (TPSA) is 82.1 Å². The second-order valence-electron chi connectivity index (χ2n) is 7.74. The Bertz CT molecular complexity index is 960. The van der Waals surface area contributed by atoms with Gasteiger partial charge in [-0.15, -0.1) is 0 Å². The largest absolute Gasteiger partial charge is 0.491 e. The van der Waals surface area contributed by atoms with Crippen LogP contribution in [-0.4, -0.2) is 42.0 Å². The molecule has 5 atom stereocenters. The van der Waals surface area contributed by atoms with Gasteiger partial charge in [-0.3, -0.25) is 4.79 Å². The Kier molecular flexibility index (Phi) is 6.59. The second kappa shape index (κ2) is 9.54. The van der Waals surface area contributed by atoms with Crippen LogP contribution in [0.15, 0.2) is 66.7 Å². The van der Waals surface area contributed by atoms with E-state index in [-0.39, 0.29) is 36.9 Å². The van der Waals surface area contributed by atoms with Crippen LogP contribution in [0.25, 0.3) is 0 Å². The first kappa shape index (κ1) is 21.4. The fourth-order valence-corrected chi connectivity index (χ4v) is 4.30. The van der Waals surface area contributed by atoms with Crippen LogP contribution in [0.2, 0.25) is 5.02 Å². The monoisotopic (exact) mass is 442 g/mol. The summed E-state index contributed by atoms with van der Waals surface area (Å²) in [5.41, 5.74) is 0.467. The number of carbonyl (C=O) groups excluding carboxylic acids is 2. The SMILES string of the molecule is O=C1C[C@@H]2[C@@H](C=C[C@H](O)COc3cccc(Cl)c3)[C@H](OC(=O)c3ccccc3)C[C@@H]2O1. The fourth-order valence-electron chi connectivity index (χ4n) is 4.12. The van der Waals surface area contributed by atoms with Gasteiger partial charge in [0.05, 0.1) is 12.0 Å². The number of aliphatic hydroxyl groups excluding tert-OH is 1. The molecule has 6 nitrogen and oxygen atoms in total. The van der Waals surface area contributed by atoms with Gasteiger partial charge in [-0.1, -0.05) is 48.0 Å². The van der Waals surface area contributed by atoms with Crippen molar-refractivity contribution in [3.05, 3.63) is 77.3 Å². The summed E-state index contributed by atoms with van der Waals surface area (Å²) in [4.78, 5) is 24.3. The Balaban J connectivity index is 1.41. The number of fused-ring (bicyclic) bond motifs is 1. The molecule has 0 spiro atoms. The molecule has 2 aromatic carbocycles. The maximum atomic E-state index is 12.5. The lowest BCUT2D eigenvalue weighted by molar-refractivity contribution is -0.141. The number of halogens is 1. The first-order chi connectivity index (χ1) is 15.0. The standard InChI is InChI=1S/C24H23ClO6/c25-16-7-4-8-18(11-16)29-14-17(26)9-10-19-20-12-23(27)30-22(20)13-21(19)31-24(28)15-5-2-1-3-6-15/h1-11,17,19-22,26H,12-14H2/t17-,19+,20+,21+,22-/m0/s1. The highest BCUT2D eigenvalue weighted by atomic mass is 35.5. The van der Waals surface area contributed by atoms with E-state index in [0.717, 1.165) is 0 Å². The minimum atomic E-state index is -0.874. The minimum absolute atomic E-state index is 0.0432. The zero-order valence-electron chi connectivity index (χ0n) is 16.7. The summed E-state index contributed by atoms with van der Waals surface area (Å²) in [6.07, 6.45) is 2.55. The molecule has 0 aromatic heterocycles. The van der Waals surface area contributed by atoms with E-state index in [2.05, 4.69) is 0 Å². The predicted molar refractivity (Wildman–Crippen MR) is 114 cm³/mol. The lowest BCUT2D eigenvalue weighted by atomic mass is 9.91. The molecule has 31 heavy (non-hydrogen) atoms. The molecule has 162 valence electrons. The third-order valence-corrected chi connectivity index (χ3v) is 5.83. The summed E-state index contributed by atoms with van der Waals surface area (Å²) in [5.74, 6) is -0.417. The van der Waals surface area contributed by atoms with E-state index in [1.54, 1.807) is 54.6 Å². The molecule has 0 unspecified atom stereocenters. The number of aliphatic hydroxyl groups is 1. The summed E-state index contributed by atoms with van der Waals surface area (Å²) in [6, 6.07) is 15.7. The maximum absolute atomic E-state index is 12.5. The zero-order valence-corrected chi connectivity index (χ0v) is 17.5. The summed E-state index contributed by atoms with van der Waals surface area (Å²) < 4.78 is 16.7. The smallest absolute Gasteiger partial charge is 0.338 e. The van der Waals surface area contributed by atoms with Crippen molar-refractivity contribution in [3.8, 4) is 5.75 Å². The van der Waals surface area contributed by atoms with Gasteiger partial charge in [0.25, 0.3) is 0 Å². The van der Waals surface area contributed by atoms with E-state index in [0.29, 0.717) is 22.8 Å². The molecule has 1 N–H and O–H groups in total. The van der Waals surface area contributed by atoms with Crippen molar-refractivity contribution in [3.63, 3.8) is 0 Å². The van der Waals surface area contributed by atoms with Crippen LogP contribution < -0.4 is 4.74 Å². The van der Waals surface area contributed by atoms with Crippen molar-refractivity contribution in [1.29, 1.82) is 0 Å². The average molecular weight is 443 g/mol. The van der Waals surface area contributed by atoms with E-state index in [1.807, 2.05) is 12.1 Å². The first-order valence-electron chi connectivity index (χ1n) is 10.2. The number of hydrogen-bond acceptors (Lipinski definition) is 6. The zero-order chi connectivity index (χ0) is 21.8. The van der Waals surface area contributed by atoms with Crippen molar-refractivity contribution in [2.45, 2.75) is 31.2 Å². The number of ether oxygens (including phenoxy) is 3. The molecule has 4 rings (SSSR count). The Labute approximate surface area is 185 Å². The Morgan fingerprint density at radius 3 is 2.81 bits per heavy atom. The molecule has 1 aliphatic carbocycles. The van der Waals surface area contributed by atoms with Crippen molar-refractivity contribution >= 4 is 23.5 Å². The molecule has 0 amide bonds. The summed E-state index contributed by atoms with van der Waals surface area (Å²) in [6.45, 7) is 0.0432. The van der Waals surface area contributed by atoms with Gasteiger partial charge in [0.1, 0.15) is 30.7 Å². The van der Waals surface area contributed by atoms with Gasteiger partial charge < -0.3 is 19.3 Å². The number of carbonyl (C=O) groups is 2. The molecule has 1 saturated heterocycles. The van der Waals surface area contributed by atoms with Gasteiger partial charge in [-0.2, -0.15) is 0 Å². The van der Waals surface area contributed by atoms with Crippen LogP contribution in [0.5, 0.6) is 5.75 Å². The van der Waals surface area contributed by atoms with Gasteiger partial charge in [0, 0.05) is 23.3 Å². The first-order valence-corrected chi connectivity index (χ1v) is 10.6. The van der Waals surface area contributed by atoms with Crippen LogP contribution in [0.3, 0.4) is 0 Å². The summed E-state index contributed by atoms with van der Waals surface area (Å²) in [5, 5.41) is 10.9. The third-order valence-electron chi connectivity index (χ3n) is 5.59. The molecule has 0 radical (unpaired) electrons. The molecular formula is C24H23ClO6. The minimum Gasteiger partial charge on any atom is -0.491 e. The maximum Gasteiger partial charge on any atom is 0.338 e. The normalized spacial score (nSPS) is 25.8. The van der Waals surface area contributed by atoms with Crippen LogP contribution in [0, 0.1) is 11.8 Å². The molecule has 2 aromatic rings. The molecular weight excluding hydrogens is 420 g/mol. The molecule has 2 aliphatic rings. The Hall–Kier alpha value is -2.83. The van der Waals surface area contributed by atoms with Gasteiger partial charge in [-0.05, 0) is 30.3 Å². The van der Waals surface area contributed by atoms with Crippen LogP contribution >= 0.6 is 11.6 Å². The number of hydrogen-bond donors (Lipinski definition) is 1. The lowest BCUT2D eigenvalue weighted by Gasteiger charge is -2.20. The van der Waals surface area contributed by atoms with Gasteiger partial charge >= 0.3 is 11.9 Å². The van der Waals surface area contributed by atoms with E-state index in [9.17, 15) is 14.7 Å². The number of benzene rings is 2. The van der Waals surface area contributed by atoms with E-state index in [4.69, 9.17) is 25.8 Å². The van der Waals surface area contributed by atoms with Crippen molar-refractivity contribution in [2.75, 3.05) is 6.61 Å². The number of rotatable bonds is 7. The van der Waals surface area contributed by atoms with Gasteiger partial charge in [0.2, 0.25) is 0 Å². The highest BCUT2D eigenvalue weighted by Crippen LogP contribution is 2.43. The van der Waals surface area contributed by atoms with Crippen molar-refractivity contribution in [2.24, 2.45) is 11.8 Å². The summed E-state index contributed by atoms with van der Waals surface area (Å²) >= 11 is 5.94. The van der Waals surface area contributed by atoms with E-state index >= 15 is 0 Å². The van der Waals surface area contributed by atoms with Crippen molar-refractivity contribution in [1.82, 2.24) is 0 Å². The second-order valence-corrected chi connectivity index (χ2v) is 8.18.